The number of allylic oxidation sites excluding steroid dienone is 3. The second-order valence-corrected chi connectivity index (χ2v) is 9.87. The fraction of sp³-hybridized carbons (Fsp3) is 0.370. The molecule has 3 heterocycles. The van der Waals surface area contributed by atoms with Crippen LogP contribution >= 0.6 is 0 Å². The van der Waals surface area contributed by atoms with Crippen LogP contribution in [0.25, 0.3) is 5.57 Å². The monoisotopic (exact) mass is 492 g/mol. The minimum absolute atomic E-state index is 0.0938. The maximum Gasteiger partial charge on any atom is 0.275 e. The number of anilines is 1. The second kappa shape index (κ2) is 10.1. The van der Waals surface area contributed by atoms with Crippen LogP contribution in [0.2, 0.25) is 0 Å². The number of hydrogen-bond acceptors (Lipinski definition) is 5. The average Bonchev–Trinajstić information content (AvgIpc) is 3.34. The number of aromatic nitrogens is 2. The number of carbonyl (C=O) groups is 1. The van der Waals surface area contributed by atoms with E-state index in [-0.39, 0.29) is 16.9 Å². The molecule has 0 aliphatic carbocycles. The molecule has 0 unspecified atom stereocenters. The summed E-state index contributed by atoms with van der Waals surface area (Å²) in [6, 6.07) is 3.10. The zero-order chi connectivity index (χ0) is 26.0. The SMILES string of the molecule is C=C1C=C(c2cc(NC(=O)c3cn(C(C)(C)C)cn3)c(F)cc2C)C=C(N2CCOCC2)N1/C=N\C. The molecule has 2 aliphatic heterocycles. The summed E-state index contributed by atoms with van der Waals surface area (Å²) in [5.74, 6) is -0.0516. The Hall–Kier alpha value is -3.72. The summed E-state index contributed by atoms with van der Waals surface area (Å²) >= 11 is 0. The smallest absolute Gasteiger partial charge is 0.275 e. The summed E-state index contributed by atoms with van der Waals surface area (Å²) in [6.07, 6.45) is 8.97. The van der Waals surface area contributed by atoms with E-state index >= 15 is 0 Å². The van der Waals surface area contributed by atoms with Gasteiger partial charge in [0.2, 0.25) is 0 Å². The highest BCUT2D eigenvalue weighted by molar-refractivity contribution is 6.03. The number of nitrogens with one attached hydrogen (secondary N) is 1. The molecule has 1 N–H and O–H groups in total. The summed E-state index contributed by atoms with van der Waals surface area (Å²) < 4.78 is 22.3. The van der Waals surface area contributed by atoms with Crippen molar-refractivity contribution in [3.05, 3.63) is 77.5 Å². The van der Waals surface area contributed by atoms with E-state index in [0.717, 1.165) is 41.3 Å². The first-order chi connectivity index (χ1) is 17.1. The van der Waals surface area contributed by atoms with Gasteiger partial charge in [0.25, 0.3) is 5.91 Å². The highest BCUT2D eigenvalue weighted by Gasteiger charge is 2.25. The maximum absolute atomic E-state index is 14.9. The highest BCUT2D eigenvalue weighted by atomic mass is 19.1. The number of amides is 1. The Bertz CT molecular complexity index is 1260. The summed E-state index contributed by atoms with van der Waals surface area (Å²) in [5.41, 5.74) is 3.25. The van der Waals surface area contributed by atoms with Crippen LogP contribution in [0.15, 0.2) is 59.9 Å². The summed E-state index contributed by atoms with van der Waals surface area (Å²) in [5, 5.41) is 2.69. The van der Waals surface area contributed by atoms with Crippen molar-refractivity contribution in [2.45, 2.75) is 33.2 Å². The zero-order valence-corrected chi connectivity index (χ0v) is 21.5. The van der Waals surface area contributed by atoms with Gasteiger partial charge >= 0.3 is 0 Å². The molecule has 1 amide bonds. The van der Waals surface area contributed by atoms with Gasteiger partial charge in [-0.1, -0.05) is 6.58 Å². The Labute approximate surface area is 211 Å². The lowest BCUT2D eigenvalue weighted by Crippen LogP contribution is -2.42. The van der Waals surface area contributed by atoms with Crippen molar-refractivity contribution < 1.29 is 13.9 Å². The van der Waals surface area contributed by atoms with E-state index in [1.54, 1.807) is 32.0 Å². The van der Waals surface area contributed by atoms with Gasteiger partial charge in [-0.3, -0.25) is 14.7 Å². The number of rotatable bonds is 5. The third-order valence-electron chi connectivity index (χ3n) is 6.19. The topological polar surface area (TPSA) is 75.0 Å². The van der Waals surface area contributed by atoms with Crippen LogP contribution in [0.1, 0.15) is 42.4 Å². The van der Waals surface area contributed by atoms with Crippen molar-refractivity contribution in [2.24, 2.45) is 4.99 Å². The Morgan fingerprint density at radius 3 is 2.61 bits per heavy atom. The van der Waals surface area contributed by atoms with Crippen LogP contribution < -0.4 is 5.32 Å². The van der Waals surface area contributed by atoms with Crippen LogP contribution in [-0.4, -0.2) is 64.9 Å². The molecule has 1 saturated heterocycles. The fourth-order valence-corrected chi connectivity index (χ4v) is 4.16. The average molecular weight is 493 g/mol. The molecule has 0 saturated carbocycles. The van der Waals surface area contributed by atoms with E-state index < -0.39 is 11.7 Å². The Morgan fingerprint density at radius 1 is 1.25 bits per heavy atom. The zero-order valence-electron chi connectivity index (χ0n) is 21.5. The number of halogens is 1. The second-order valence-electron chi connectivity index (χ2n) is 9.87. The molecule has 2 aromatic rings. The van der Waals surface area contributed by atoms with Gasteiger partial charge in [-0.25, -0.2) is 9.37 Å². The molecule has 0 atom stereocenters. The first kappa shape index (κ1) is 25.4. The molecular weight excluding hydrogens is 459 g/mol. The molecule has 190 valence electrons. The Kier molecular flexibility index (Phi) is 7.12. The quantitative estimate of drug-likeness (QED) is 0.495. The highest BCUT2D eigenvalue weighted by Crippen LogP contribution is 2.33. The van der Waals surface area contributed by atoms with Crippen molar-refractivity contribution in [1.29, 1.82) is 0 Å². The van der Waals surface area contributed by atoms with E-state index in [9.17, 15) is 9.18 Å². The lowest BCUT2D eigenvalue weighted by Gasteiger charge is -2.38. The van der Waals surface area contributed by atoms with Crippen molar-refractivity contribution in [1.82, 2.24) is 19.4 Å². The normalized spacial score (nSPS) is 16.9. The molecule has 2 aliphatic rings. The van der Waals surface area contributed by atoms with Crippen molar-refractivity contribution >= 4 is 23.5 Å². The molecule has 1 aromatic carbocycles. The predicted octanol–water partition coefficient (Wildman–Crippen LogP) is 4.38. The molecule has 0 radical (unpaired) electrons. The molecule has 9 heteroatoms. The minimum atomic E-state index is -0.507. The number of aryl methyl sites for hydroxylation is 1. The molecule has 4 rings (SSSR count). The number of benzene rings is 1. The number of aliphatic imine (C=N–C) groups is 1. The van der Waals surface area contributed by atoms with Crippen molar-refractivity contribution in [3.8, 4) is 0 Å². The van der Waals surface area contributed by atoms with Crippen molar-refractivity contribution in [3.63, 3.8) is 0 Å². The van der Waals surface area contributed by atoms with Crippen LogP contribution in [-0.2, 0) is 10.3 Å². The van der Waals surface area contributed by atoms with E-state index in [4.69, 9.17) is 4.74 Å². The minimum Gasteiger partial charge on any atom is -0.378 e. The van der Waals surface area contributed by atoms with E-state index in [1.807, 2.05) is 49.3 Å². The van der Waals surface area contributed by atoms with Crippen LogP contribution in [0.4, 0.5) is 10.1 Å². The maximum atomic E-state index is 14.9. The van der Waals surface area contributed by atoms with Crippen LogP contribution in [0, 0.1) is 12.7 Å². The summed E-state index contributed by atoms with van der Waals surface area (Å²) in [4.78, 5) is 25.4. The number of ether oxygens (including phenoxy) is 1. The van der Waals surface area contributed by atoms with Gasteiger partial charge in [0.1, 0.15) is 17.3 Å². The molecule has 1 aromatic heterocycles. The number of carbonyl (C=O) groups excluding carboxylic acids is 1. The fourth-order valence-electron chi connectivity index (χ4n) is 4.16. The van der Waals surface area contributed by atoms with E-state index in [2.05, 4.69) is 26.8 Å². The summed E-state index contributed by atoms with van der Waals surface area (Å²) in [7, 11) is 1.72. The molecule has 1 fully saturated rings. The third-order valence-corrected chi connectivity index (χ3v) is 6.19. The van der Waals surface area contributed by atoms with Gasteiger partial charge in [-0.2, -0.15) is 0 Å². The third kappa shape index (κ3) is 5.26. The standard InChI is InChI=1S/C27H33FN6O2/c1-18-11-22(28)23(31-26(35)24-15-33(17-30-24)27(3,4)5)14-21(18)20-12-19(2)34(16-29-6)25(13-20)32-7-9-36-10-8-32/h11-17H,2,7-10H2,1,3-6H3,(H,31,35)/b29-16-. The number of imidazole rings is 1. The number of nitrogens with zero attached hydrogens (tertiary/aromatic N) is 5. The number of morpholine rings is 1. The number of hydrogen-bond donors (Lipinski definition) is 1. The first-order valence-corrected chi connectivity index (χ1v) is 11.9. The van der Waals surface area contributed by atoms with E-state index in [0.29, 0.717) is 13.2 Å². The molecular formula is C27H33FN6O2. The van der Waals surface area contributed by atoms with Gasteiger partial charge in [0, 0.05) is 37.6 Å². The van der Waals surface area contributed by atoms with Gasteiger partial charge in [0.05, 0.1) is 31.6 Å². The van der Waals surface area contributed by atoms with E-state index in [1.165, 1.54) is 6.07 Å². The van der Waals surface area contributed by atoms with Gasteiger partial charge < -0.3 is 19.5 Å². The lowest BCUT2D eigenvalue weighted by atomic mass is 9.96. The largest absolute Gasteiger partial charge is 0.378 e. The Balaban J connectivity index is 1.67. The lowest BCUT2D eigenvalue weighted by molar-refractivity contribution is 0.0459. The molecule has 36 heavy (non-hydrogen) atoms. The van der Waals surface area contributed by atoms with Crippen LogP contribution in [0.5, 0.6) is 0 Å². The molecule has 0 spiro atoms. The summed E-state index contributed by atoms with van der Waals surface area (Å²) in [6.45, 7) is 14.9. The van der Waals surface area contributed by atoms with Gasteiger partial charge in [0.15, 0.2) is 0 Å². The van der Waals surface area contributed by atoms with Crippen molar-refractivity contribution in [2.75, 3.05) is 38.7 Å². The van der Waals surface area contributed by atoms with Gasteiger partial charge in [-0.05, 0) is 68.7 Å². The van der Waals surface area contributed by atoms with Crippen LogP contribution in [0.3, 0.4) is 0 Å². The molecule has 0 bridgehead atoms. The Morgan fingerprint density at radius 2 is 1.97 bits per heavy atom. The molecule has 8 nitrogen and oxygen atoms in total. The first-order valence-electron chi connectivity index (χ1n) is 11.9. The predicted molar refractivity (Wildman–Crippen MR) is 140 cm³/mol. The van der Waals surface area contributed by atoms with Gasteiger partial charge in [-0.15, -0.1) is 0 Å².